The molecule has 0 N–H and O–H groups in total. The third kappa shape index (κ3) is 5.79. The van der Waals surface area contributed by atoms with Crippen LogP contribution >= 0.6 is 23.2 Å². The Morgan fingerprint density at radius 2 is 1.25 bits per heavy atom. The lowest BCUT2D eigenvalue weighted by Crippen LogP contribution is -1.82. The fourth-order valence-electron chi connectivity index (χ4n) is 1.17. The summed E-state index contributed by atoms with van der Waals surface area (Å²) in [5, 5.41) is 0.794. The van der Waals surface area contributed by atoms with E-state index in [1.54, 1.807) is 0 Å². The van der Waals surface area contributed by atoms with Gasteiger partial charge in [-0.05, 0) is 24.1 Å². The van der Waals surface area contributed by atoms with Gasteiger partial charge >= 0.3 is 0 Å². The SMILES string of the molecule is ClCCc1ccccc1.Clc1ccccc1. The molecule has 2 heteroatoms. The molecule has 0 radical (unpaired) electrons. The maximum atomic E-state index is 5.54. The molecule has 0 spiro atoms. The third-order valence-electron chi connectivity index (χ3n) is 1.96. The zero-order valence-corrected chi connectivity index (χ0v) is 10.5. The van der Waals surface area contributed by atoms with E-state index in [9.17, 15) is 0 Å². The maximum Gasteiger partial charge on any atom is 0.0405 e. The van der Waals surface area contributed by atoms with Gasteiger partial charge in [0.15, 0.2) is 0 Å². The van der Waals surface area contributed by atoms with E-state index in [1.165, 1.54) is 5.56 Å². The van der Waals surface area contributed by atoms with Gasteiger partial charge < -0.3 is 0 Å². The van der Waals surface area contributed by atoms with Crippen molar-refractivity contribution in [3.8, 4) is 0 Å². The van der Waals surface area contributed by atoms with Crippen molar-refractivity contribution >= 4 is 23.2 Å². The largest absolute Gasteiger partial charge is 0.126 e. The molecule has 0 aliphatic carbocycles. The Balaban J connectivity index is 0.000000165. The van der Waals surface area contributed by atoms with Gasteiger partial charge in [-0.3, -0.25) is 0 Å². The second kappa shape index (κ2) is 8.20. The van der Waals surface area contributed by atoms with E-state index in [0.717, 1.165) is 11.4 Å². The number of aryl methyl sites for hydroxylation is 1. The molecule has 0 fully saturated rings. The molecule has 16 heavy (non-hydrogen) atoms. The molecule has 2 aromatic carbocycles. The first kappa shape index (κ1) is 13.1. The summed E-state index contributed by atoms with van der Waals surface area (Å²) in [6.45, 7) is 0. The summed E-state index contributed by atoms with van der Waals surface area (Å²) in [5.41, 5.74) is 1.31. The van der Waals surface area contributed by atoms with E-state index in [2.05, 4.69) is 12.1 Å². The van der Waals surface area contributed by atoms with Crippen molar-refractivity contribution in [3.05, 3.63) is 71.2 Å². The van der Waals surface area contributed by atoms with Crippen LogP contribution in [0.15, 0.2) is 60.7 Å². The monoisotopic (exact) mass is 252 g/mol. The lowest BCUT2D eigenvalue weighted by Gasteiger charge is -1.92. The van der Waals surface area contributed by atoms with Crippen molar-refractivity contribution in [2.75, 3.05) is 5.88 Å². The smallest absolute Gasteiger partial charge is 0.0405 e. The van der Waals surface area contributed by atoms with Crippen LogP contribution in [0.2, 0.25) is 5.02 Å². The van der Waals surface area contributed by atoms with Crippen molar-refractivity contribution in [1.29, 1.82) is 0 Å². The first-order chi connectivity index (χ1) is 7.83. The van der Waals surface area contributed by atoms with Gasteiger partial charge in [-0.25, -0.2) is 0 Å². The van der Waals surface area contributed by atoms with Crippen molar-refractivity contribution < 1.29 is 0 Å². The predicted molar refractivity (Wildman–Crippen MR) is 72.3 cm³/mol. The first-order valence-electron chi connectivity index (χ1n) is 5.13. The highest BCUT2D eigenvalue weighted by molar-refractivity contribution is 6.30. The van der Waals surface area contributed by atoms with Crippen LogP contribution in [0.1, 0.15) is 5.56 Å². The fraction of sp³-hybridized carbons (Fsp3) is 0.143. The van der Waals surface area contributed by atoms with Crippen LogP contribution < -0.4 is 0 Å². The molecule has 0 aliphatic rings. The summed E-state index contributed by atoms with van der Waals surface area (Å²) in [7, 11) is 0. The highest BCUT2D eigenvalue weighted by Gasteiger charge is 1.85. The fourth-order valence-corrected chi connectivity index (χ4v) is 1.53. The molecule has 0 heterocycles. The number of halogens is 2. The molecular weight excluding hydrogens is 239 g/mol. The number of hydrogen-bond acceptors (Lipinski definition) is 0. The van der Waals surface area contributed by atoms with E-state index in [0.29, 0.717) is 5.88 Å². The molecule has 84 valence electrons. The molecule has 0 nitrogen and oxygen atoms in total. The van der Waals surface area contributed by atoms with E-state index in [-0.39, 0.29) is 0 Å². The van der Waals surface area contributed by atoms with Gasteiger partial charge in [0.1, 0.15) is 0 Å². The minimum absolute atomic E-state index is 0.712. The molecule has 0 bridgehead atoms. The van der Waals surface area contributed by atoms with Crippen molar-refractivity contribution in [3.63, 3.8) is 0 Å². The summed E-state index contributed by atoms with van der Waals surface area (Å²) in [6.07, 6.45) is 0.975. The van der Waals surface area contributed by atoms with Crippen molar-refractivity contribution in [1.82, 2.24) is 0 Å². The summed E-state index contributed by atoms with van der Waals surface area (Å²) in [6, 6.07) is 19.7. The summed E-state index contributed by atoms with van der Waals surface area (Å²) >= 11 is 11.1. The van der Waals surface area contributed by atoms with E-state index < -0.39 is 0 Å². The predicted octanol–water partition coefficient (Wildman–Crippen LogP) is 4.81. The van der Waals surface area contributed by atoms with Crippen LogP contribution in [0.5, 0.6) is 0 Å². The number of benzene rings is 2. The molecule has 0 aromatic heterocycles. The van der Waals surface area contributed by atoms with Crippen LogP contribution in [-0.2, 0) is 6.42 Å². The highest BCUT2D eigenvalue weighted by atomic mass is 35.5. The Labute approximate surface area is 107 Å². The lowest BCUT2D eigenvalue weighted by molar-refractivity contribution is 1.15. The van der Waals surface area contributed by atoms with E-state index >= 15 is 0 Å². The average Bonchev–Trinajstić information content (AvgIpc) is 2.33. The molecule has 2 rings (SSSR count). The molecule has 0 aliphatic heterocycles. The van der Waals surface area contributed by atoms with Crippen LogP contribution in [0, 0.1) is 0 Å². The molecule has 0 amide bonds. The quantitative estimate of drug-likeness (QED) is 0.674. The van der Waals surface area contributed by atoms with Gasteiger partial charge in [0.05, 0.1) is 0 Å². The zero-order chi connectivity index (χ0) is 11.6. The minimum Gasteiger partial charge on any atom is -0.126 e. The Hall–Kier alpha value is -0.980. The molecular formula is C14H14Cl2. The van der Waals surface area contributed by atoms with Gasteiger partial charge in [-0.2, -0.15) is 0 Å². The van der Waals surface area contributed by atoms with Crippen molar-refractivity contribution in [2.24, 2.45) is 0 Å². The van der Waals surface area contributed by atoms with Gasteiger partial charge in [0.2, 0.25) is 0 Å². The second-order valence-electron chi connectivity index (χ2n) is 3.22. The topological polar surface area (TPSA) is 0 Å². The normalized spacial score (nSPS) is 9.12. The highest BCUT2D eigenvalue weighted by Crippen LogP contribution is 2.03. The van der Waals surface area contributed by atoms with E-state index in [4.69, 9.17) is 23.2 Å². The summed E-state index contributed by atoms with van der Waals surface area (Å²) < 4.78 is 0. The second-order valence-corrected chi connectivity index (χ2v) is 4.03. The standard InChI is InChI=1S/C8H9Cl.C6H5Cl/c9-7-6-8-4-2-1-3-5-8;7-6-4-2-1-3-5-6/h1-5H,6-7H2;1-5H. The Morgan fingerprint density at radius 1 is 0.750 bits per heavy atom. The van der Waals surface area contributed by atoms with Crippen LogP contribution in [0.4, 0.5) is 0 Å². The zero-order valence-electron chi connectivity index (χ0n) is 8.94. The first-order valence-corrected chi connectivity index (χ1v) is 6.04. The van der Waals surface area contributed by atoms with Gasteiger partial charge in [0.25, 0.3) is 0 Å². The van der Waals surface area contributed by atoms with Gasteiger partial charge in [0, 0.05) is 10.9 Å². The van der Waals surface area contributed by atoms with Crippen LogP contribution in [0.25, 0.3) is 0 Å². The number of rotatable bonds is 2. The Morgan fingerprint density at radius 3 is 1.62 bits per heavy atom. The molecule has 0 saturated heterocycles. The minimum atomic E-state index is 0.712. The third-order valence-corrected chi connectivity index (χ3v) is 2.40. The maximum absolute atomic E-state index is 5.54. The van der Waals surface area contributed by atoms with Crippen molar-refractivity contribution in [2.45, 2.75) is 6.42 Å². The summed E-state index contributed by atoms with van der Waals surface area (Å²) in [4.78, 5) is 0. The summed E-state index contributed by atoms with van der Waals surface area (Å²) in [5.74, 6) is 0.712. The molecule has 2 aromatic rings. The van der Waals surface area contributed by atoms with Gasteiger partial charge in [-0.15, -0.1) is 11.6 Å². The Kier molecular flexibility index (Phi) is 6.71. The average molecular weight is 253 g/mol. The Bertz CT molecular complexity index is 370. The number of hydrogen-bond donors (Lipinski definition) is 0. The lowest BCUT2D eigenvalue weighted by atomic mass is 10.2. The molecule has 0 unspecified atom stereocenters. The molecule has 0 saturated carbocycles. The van der Waals surface area contributed by atoms with Crippen LogP contribution in [0.3, 0.4) is 0 Å². The van der Waals surface area contributed by atoms with Gasteiger partial charge in [-0.1, -0.05) is 60.1 Å². The number of alkyl halides is 1. The molecule has 0 atom stereocenters. The van der Waals surface area contributed by atoms with E-state index in [1.807, 2.05) is 48.5 Å². The van der Waals surface area contributed by atoms with Crippen LogP contribution in [-0.4, -0.2) is 5.88 Å².